The molecule has 2 N–H and O–H groups in total. The Labute approximate surface area is 173 Å². The molecule has 26 heavy (non-hydrogen) atoms. The number of furan rings is 1. The van der Waals surface area contributed by atoms with Crippen molar-refractivity contribution in [3.63, 3.8) is 0 Å². The molecular formula is C20H29IN4O. The van der Waals surface area contributed by atoms with E-state index in [9.17, 15) is 0 Å². The van der Waals surface area contributed by atoms with Gasteiger partial charge in [-0.05, 0) is 50.6 Å². The molecule has 1 aromatic carbocycles. The van der Waals surface area contributed by atoms with Crippen molar-refractivity contribution in [1.82, 2.24) is 15.5 Å². The van der Waals surface area contributed by atoms with Gasteiger partial charge in [-0.1, -0.05) is 30.3 Å². The third-order valence-corrected chi connectivity index (χ3v) is 4.55. The lowest BCUT2D eigenvalue weighted by atomic mass is 10.1. The Morgan fingerprint density at radius 3 is 2.54 bits per heavy atom. The summed E-state index contributed by atoms with van der Waals surface area (Å²) in [5, 5.41) is 6.84. The number of aliphatic imine (C=N–C) groups is 1. The molecule has 1 unspecified atom stereocenters. The molecule has 142 valence electrons. The molecule has 0 amide bonds. The van der Waals surface area contributed by atoms with Crippen LogP contribution in [0.3, 0.4) is 0 Å². The average molecular weight is 468 g/mol. The molecule has 1 fully saturated rings. The number of nitrogens with one attached hydrogen (secondary N) is 2. The molecule has 0 aliphatic carbocycles. The summed E-state index contributed by atoms with van der Waals surface area (Å²) < 4.78 is 5.37. The van der Waals surface area contributed by atoms with Crippen molar-refractivity contribution in [2.24, 2.45) is 4.99 Å². The summed E-state index contributed by atoms with van der Waals surface area (Å²) >= 11 is 0. The van der Waals surface area contributed by atoms with Gasteiger partial charge in [-0.15, -0.1) is 24.0 Å². The second-order valence-corrected chi connectivity index (χ2v) is 6.32. The van der Waals surface area contributed by atoms with Gasteiger partial charge in [0.1, 0.15) is 12.3 Å². The zero-order chi connectivity index (χ0) is 17.3. The van der Waals surface area contributed by atoms with E-state index in [4.69, 9.17) is 4.42 Å². The van der Waals surface area contributed by atoms with Crippen LogP contribution in [0.2, 0.25) is 0 Å². The maximum absolute atomic E-state index is 5.37. The predicted molar refractivity (Wildman–Crippen MR) is 117 cm³/mol. The highest BCUT2D eigenvalue weighted by atomic mass is 127. The Morgan fingerprint density at radius 2 is 1.88 bits per heavy atom. The second kappa shape index (κ2) is 11.2. The minimum Gasteiger partial charge on any atom is -0.467 e. The van der Waals surface area contributed by atoms with Gasteiger partial charge in [0.15, 0.2) is 5.96 Å². The predicted octanol–water partition coefficient (Wildman–Crippen LogP) is 3.79. The molecule has 0 radical (unpaired) electrons. The van der Waals surface area contributed by atoms with Crippen molar-refractivity contribution >= 4 is 29.9 Å². The number of hydrogen-bond donors (Lipinski definition) is 2. The molecule has 2 heterocycles. The minimum absolute atomic E-state index is 0. The Bertz CT molecular complexity index is 639. The van der Waals surface area contributed by atoms with Crippen molar-refractivity contribution in [3.8, 4) is 0 Å². The maximum atomic E-state index is 5.37. The Kier molecular flexibility index (Phi) is 8.97. The first kappa shape index (κ1) is 20.8. The van der Waals surface area contributed by atoms with Crippen LogP contribution < -0.4 is 10.6 Å². The van der Waals surface area contributed by atoms with Crippen molar-refractivity contribution in [3.05, 3.63) is 60.1 Å². The molecule has 1 aliphatic heterocycles. The van der Waals surface area contributed by atoms with Crippen molar-refractivity contribution < 1.29 is 4.42 Å². The van der Waals surface area contributed by atoms with E-state index >= 15 is 0 Å². The highest BCUT2D eigenvalue weighted by Gasteiger charge is 2.23. The van der Waals surface area contributed by atoms with E-state index in [1.165, 1.54) is 31.5 Å². The molecule has 2 aromatic rings. The third kappa shape index (κ3) is 6.02. The van der Waals surface area contributed by atoms with Crippen molar-refractivity contribution in [1.29, 1.82) is 0 Å². The smallest absolute Gasteiger partial charge is 0.191 e. The molecule has 1 aromatic heterocycles. The van der Waals surface area contributed by atoms with E-state index in [0.717, 1.165) is 24.8 Å². The maximum Gasteiger partial charge on any atom is 0.191 e. The molecule has 1 saturated heterocycles. The van der Waals surface area contributed by atoms with Gasteiger partial charge in [-0.3, -0.25) is 4.90 Å². The molecule has 1 atom stereocenters. The van der Waals surface area contributed by atoms with E-state index in [2.05, 4.69) is 57.8 Å². The standard InChI is InChI=1S/C20H28N4O.HI/c1-2-21-20(22-15-18-11-8-14-25-18)23-16-19(24-12-6-7-13-24)17-9-4-3-5-10-17;/h3-5,8-11,14,19H,2,6-7,12-13,15-16H2,1H3,(H2,21,22,23);1H. The van der Waals surface area contributed by atoms with Crippen LogP contribution in [0, 0.1) is 0 Å². The molecule has 3 rings (SSSR count). The van der Waals surface area contributed by atoms with E-state index in [1.54, 1.807) is 6.26 Å². The number of benzene rings is 1. The molecule has 6 heteroatoms. The van der Waals surface area contributed by atoms with Crippen LogP contribution in [-0.2, 0) is 6.54 Å². The van der Waals surface area contributed by atoms with Crippen LogP contribution >= 0.6 is 24.0 Å². The lowest BCUT2D eigenvalue weighted by Gasteiger charge is -2.29. The van der Waals surface area contributed by atoms with Crippen LogP contribution in [-0.4, -0.2) is 37.0 Å². The summed E-state index contributed by atoms with van der Waals surface area (Å²) in [6.45, 7) is 6.64. The molecule has 0 bridgehead atoms. The lowest BCUT2D eigenvalue weighted by Crippen LogP contribution is -2.42. The van der Waals surface area contributed by atoms with Crippen LogP contribution in [0.4, 0.5) is 0 Å². The van der Waals surface area contributed by atoms with Crippen molar-refractivity contribution in [2.75, 3.05) is 26.2 Å². The zero-order valence-corrected chi connectivity index (χ0v) is 17.7. The van der Waals surface area contributed by atoms with Gasteiger partial charge in [0.25, 0.3) is 0 Å². The topological polar surface area (TPSA) is 52.8 Å². The number of likely N-dealkylation sites (tertiary alicyclic amines) is 1. The molecule has 0 saturated carbocycles. The highest BCUT2D eigenvalue weighted by Crippen LogP contribution is 2.24. The summed E-state index contributed by atoms with van der Waals surface area (Å²) in [4.78, 5) is 7.20. The number of nitrogens with zero attached hydrogens (tertiary/aromatic N) is 2. The quantitative estimate of drug-likeness (QED) is 0.369. The third-order valence-electron chi connectivity index (χ3n) is 4.55. The molecular weight excluding hydrogens is 439 g/mol. The Hall–Kier alpha value is -1.54. The number of guanidine groups is 1. The van der Waals surface area contributed by atoms with E-state index < -0.39 is 0 Å². The summed E-state index contributed by atoms with van der Waals surface area (Å²) in [6, 6.07) is 15.0. The van der Waals surface area contributed by atoms with Gasteiger partial charge in [0, 0.05) is 13.1 Å². The van der Waals surface area contributed by atoms with Crippen molar-refractivity contribution in [2.45, 2.75) is 32.4 Å². The minimum atomic E-state index is 0. The van der Waals surface area contributed by atoms with Gasteiger partial charge >= 0.3 is 0 Å². The lowest BCUT2D eigenvalue weighted by molar-refractivity contribution is 0.245. The summed E-state index contributed by atoms with van der Waals surface area (Å²) in [6.07, 6.45) is 4.26. The summed E-state index contributed by atoms with van der Waals surface area (Å²) in [5.74, 6) is 1.70. The van der Waals surface area contributed by atoms with Crippen LogP contribution in [0.1, 0.15) is 37.1 Å². The number of hydrogen-bond acceptors (Lipinski definition) is 3. The fourth-order valence-electron chi connectivity index (χ4n) is 3.28. The molecule has 0 spiro atoms. The first-order valence-electron chi connectivity index (χ1n) is 9.20. The molecule has 1 aliphatic rings. The van der Waals surface area contributed by atoms with Crippen LogP contribution in [0.5, 0.6) is 0 Å². The SMILES string of the molecule is CCNC(=NCc1ccco1)NCC(c1ccccc1)N1CCCC1.I. The fourth-order valence-corrected chi connectivity index (χ4v) is 3.28. The largest absolute Gasteiger partial charge is 0.467 e. The Balaban J connectivity index is 0.00000243. The van der Waals surface area contributed by atoms with E-state index in [1.807, 2.05) is 12.1 Å². The number of rotatable bonds is 7. The van der Waals surface area contributed by atoms with Gasteiger partial charge in [0.05, 0.1) is 12.3 Å². The fraction of sp³-hybridized carbons (Fsp3) is 0.450. The summed E-state index contributed by atoms with van der Waals surface area (Å²) in [5.41, 5.74) is 1.36. The monoisotopic (exact) mass is 468 g/mol. The molecule has 5 nitrogen and oxygen atoms in total. The summed E-state index contributed by atoms with van der Waals surface area (Å²) in [7, 11) is 0. The van der Waals surface area contributed by atoms with Crippen LogP contribution in [0.15, 0.2) is 58.1 Å². The van der Waals surface area contributed by atoms with Crippen LogP contribution in [0.25, 0.3) is 0 Å². The Morgan fingerprint density at radius 1 is 1.12 bits per heavy atom. The first-order valence-corrected chi connectivity index (χ1v) is 9.20. The highest BCUT2D eigenvalue weighted by molar-refractivity contribution is 14.0. The van der Waals surface area contributed by atoms with Gasteiger partial charge in [-0.25, -0.2) is 4.99 Å². The average Bonchev–Trinajstić information content (AvgIpc) is 3.35. The van der Waals surface area contributed by atoms with Gasteiger partial charge in [0.2, 0.25) is 0 Å². The number of halogens is 1. The normalized spacial score (nSPS) is 16.1. The van der Waals surface area contributed by atoms with Gasteiger partial charge < -0.3 is 15.1 Å². The first-order chi connectivity index (χ1) is 12.4. The van der Waals surface area contributed by atoms with Gasteiger partial charge in [-0.2, -0.15) is 0 Å². The van der Waals surface area contributed by atoms with E-state index in [-0.39, 0.29) is 24.0 Å². The second-order valence-electron chi connectivity index (χ2n) is 6.32. The zero-order valence-electron chi connectivity index (χ0n) is 15.4. The van der Waals surface area contributed by atoms with E-state index in [0.29, 0.717) is 12.6 Å².